The van der Waals surface area contributed by atoms with E-state index in [4.69, 9.17) is 4.74 Å². The largest absolute Gasteiger partial charge is 0.462 e. The first kappa shape index (κ1) is 9.25. The van der Waals surface area contributed by atoms with Gasteiger partial charge in [-0.2, -0.15) is 0 Å². The van der Waals surface area contributed by atoms with E-state index in [1.54, 1.807) is 0 Å². The lowest BCUT2D eigenvalue weighted by Gasteiger charge is -2.15. The summed E-state index contributed by atoms with van der Waals surface area (Å²) in [6.45, 7) is 2.05. The zero-order chi connectivity index (χ0) is 9.97. The van der Waals surface area contributed by atoms with Crippen molar-refractivity contribution in [3.63, 3.8) is 0 Å². The summed E-state index contributed by atoms with van der Waals surface area (Å²) in [6.07, 6.45) is 1.50. The first-order valence-electron chi connectivity index (χ1n) is 5.05. The third-order valence-corrected chi connectivity index (χ3v) is 2.75. The molecule has 0 amide bonds. The second kappa shape index (κ2) is 3.82. The average molecular weight is 190 g/mol. The Balaban J connectivity index is 2.22. The van der Waals surface area contributed by atoms with Crippen LogP contribution in [0.3, 0.4) is 0 Å². The van der Waals surface area contributed by atoms with E-state index in [1.165, 1.54) is 5.56 Å². The lowest BCUT2D eigenvalue weighted by atomic mass is 9.91. The van der Waals surface area contributed by atoms with Gasteiger partial charge < -0.3 is 4.74 Å². The van der Waals surface area contributed by atoms with Crippen LogP contribution >= 0.6 is 0 Å². The standard InChI is InChI=1S/C12H14O2/c1-2-11-10(8-12(13)14-11)9-6-4-3-5-7-9/h3-7,10-11H,2,8H2,1H3/t10-,11+/m1/s1. The van der Waals surface area contributed by atoms with Crippen LogP contribution in [0.25, 0.3) is 0 Å². The summed E-state index contributed by atoms with van der Waals surface area (Å²) < 4.78 is 5.24. The van der Waals surface area contributed by atoms with Crippen molar-refractivity contribution in [1.29, 1.82) is 0 Å². The van der Waals surface area contributed by atoms with E-state index in [0.717, 1.165) is 6.42 Å². The minimum absolute atomic E-state index is 0.0642. The quantitative estimate of drug-likeness (QED) is 0.670. The molecule has 0 aliphatic carbocycles. The summed E-state index contributed by atoms with van der Waals surface area (Å²) >= 11 is 0. The van der Waals surface area contributed by atoms with Crippen molar-refractivity contribution in [1.82, 2.24) is 0 Å². The number of cyclic esters (lactones) is 1. The number of ether oxygens (including phenoxy) is 1. The summed E-state index contributed by atoms with van der Waals surface area (Å²) in [7, 11) is 0. The van der Waals surface area contributed by atoms with Gasteiger partial charge in [0.05, 0.1) is 6.42 Å². The molecule has 1 aliphatic rings. The molecule has 2 atom stereocenters. The number of carbonyl (C=O) groups is 1. The zero-order valence-electron chi connectivity index (χ0n) is 8.27. The van der Waals surface area contributed by atoms with Crippen LogP contribution in [0.15, 0.2) is 30.3 Å². The fourth-order valence-corrected chi connectivity index (χ4v) is 2.01. The summed E-state index contributed by atoms with van der Waals surface area (Å²) in [5.41, 5.74) is 1.21. The minimum Gasteiger partial charge on any atom is -0.462 e. The van der Waals surface area contributed by atoms with Crippen LogP contribution < -0.4 is 0 Å². The number of carbonyl (C=O) groups excluding carboxylic acids is 1. The molecule has 2 nitrogen and oxygen atoms in total. The van der Waals surface area contributed by atoms with Gasteiger partial charge >= 0.3 is 5.97 Å². The number of hydrogen-bond donors (Lipinski definition) is 0. The van der Waals surface area contributed by atoms with Crippen LogP contribution in [0.4, 0.5) is 0 Å². The molecule has 0 aromatic heterocycles. The lowest BCUT2D eigenvalue weighted by Crippen LogP contribution is -2.12. The molecule has 1 heterocycles. The average Bonchev–Trinajstić information content (AvgIpc) is 2.61. The van der Waals surface area contributed by atoms with Gasteiger partial charge in [-0.25, -0.2) is 0 Å². The number of esters is 1. The van der Waals surface area contributed by atoms with Crippen LogP contribution in [-0.4, -0.2) is 12.1 Å². The van der Waals surface area contributed by atoms with E-state index in [1.807, 2.05) is 18.2 Å². The van der Waals surface area contributed by atoms with Gasteiger partial charge in [0.2, 0.25) is 0 Å². The van der Waals surface area contributed by atoms with Gasteiger partial charge in [0.1, 0.15) is 6.10 Å². The third-order valence-electron chi connectivity index (χ3n) is 2.75. The number of benzene rings is 1. The minimum atomic E-state index is -0.0642. The molecule has 0 bridgehead atoms. The van der Waals surface area contributed by atoms with Crippen LogP contribution in [0, 0.1) is 0 Å². The summed E-state index contributed by atoms with van der Waals surface area (Å²) in [6, 6.07) is 10.1. The Hall–Kier alpha value is -1.31. The molecule has 14 heavy (non-hydrogen) atoms. The number of rotatable bonds is 2. The van der Waals surface area contributed by atoms with E-state index in [0.29, 0.717) is 6.42 Å². The molecule has 1 aliphatic heterocycles. The zero-order valence-corrected chi connectivity index (χ0v) is 8.27. The van der Waals surface area contributed by atoms with E-state index >= 15 is 0 Å². The molecule has 0 N–H and O–H groups in total. The molecule has 2 rings (SSSR count). The van der Waals surface area contributed by atoms with Crippen LogP contribution in [-0.2, 0) is 9.53 Å². The van der Waals surface area contributed by atoms with Crippen molar-refractivity contribution >= 4 is 5.97 Å². The third kappa shape index (κ3) is 1.65. The normalized spacial score (nSPS) is 26.2. The molecule has 0 radical (unpaired) electrons. The Morgan fingerprint density at radius 1 is 1.36 bits per heavy atom. The summed E-state index contributed by atoms with van der Waals surface area (Å²) in [5.74, 6) is 0.194. The molecule has 1 fully saturated rings. The van der Waals surface area contributed by atoms with Crippen LogP contribution in [0.5, 0.6) is 0 Å². The molecule has 1 saturated heterocycles. The highest BCUT2D eigenvalue weighted by molar-refractivity contribution is 5.73. The lowest BCUT2D eigenvalue weighted by molar-refractivity contribution is -0.141. The van der Waals surface area contributed by atoms with Crippen molar-refractivity contribution in [3.8, 4) is 0 Å². The van der Waals surface area contributed by atoms with E-state index < -0.39 is 0 Å². The number of hydrogen-bond acceptors (Lipinski definition) is 2. The Kier molecular flexibility index (Phi) is 2.53. The van der Waals surface area contributed by atoms with Crippen LogP contribution in [0.1, 0.15) is 31.2 Å². The van der Waals surface area contributed by atoms with Gasteiger partial charge in [-0.1, -0.05) is 37.3 Å². The molecule has 2 heteroatoms. The Bertz CT molecular complexity index is 318. The fourth-order valence-electron chi connectivity index (χ4n) is 2.01. The van der Waals surface area contributed by atoms with E-state index in [-0.39, 0.29) is 18.0 Å². The Morgan fingerprint density at radius 2 is 2.07 bits per heavy atom. The second-order valence-electron chi connectivity index (χ2n) is 3.66. The van der Waals surface area contributed by atoms with E-state index in [9.17, 15) is 4.79 Å². The van der Waals surface area contributed by atoms with Crippen molar-refractivity contribution in [2.75, 3.05) is 0 Å². The highest BCUT2D eigenvalue weighted by Crippen LogP contribution is 2.33. The molecule has 0 saturated carbocycles. The van der Waals surface area contributed by atoms with Crippen molar-refractivity contribution < 1.29 is 9.53 Å². The Morgan fingerprint density at radius 3 is 2.71 bits per heavy atom. The van der Waals surface area contributed by atoms with Crippen molar-refractivity contribution in [2.45, 2.75) is 31.8 Å². The van der Waals surface area contributed by atoms with Gasteiger partial charge in [0.25, 0.3) is 0 Å². The maximum Gasteiger partial charge on any atom is 0.306 e. The highest BCUT2D eigenvalue weighted by Gasteiger charge is 2.34. The predicted molar refractivity (Wildman–Crippen MR) is 54.0 cm³/mol. The van der Waals surface area contributed by atoms with Crippen molar-refractivity contribution in [3.05, 3.63) is 35.9 Å². The van der Waals surface area contributed by atoms with Gasteiger partial charge in [-0.15, -0.1) is 0 Å². The second-order valence-corrected chi connectivity index (χ2v) is 3.66. The molecule has 0 unspecified atom stereocenters. The predicted octanol–water partition coefficient (Wildman–Crippen LogP) is 2.50. The molecular formula is C12H14O2. The first-order valence-corrected chi connectivity index (χ1v) is 5.05. The molecule has 1 aromatic carbocycles. The van der Waals surface area contributed by atoms with Gasteiger partial charge in [-0.05, 0) is 12.0 Å². The SMILES string of the molecule is CC[C@@H]1OC(=O)C[C@@H]1c1ccccc1. The molecular weight excluding hydrogens is 176 g/mol. The first-order chi connectivity index (χ1) is 6.81. The maximum absolute atomic E-state index is 11.2. The smallest absolute Gasteiger partial charge is 0.306 e. The van der Waals surface area contributed by atoms with Crippen molar-refractivity contribution in [2.24, 2.45) is 0 Å². The van der Waals surface area contributed by atoms with Gasteiger partial charge in [0, 0.05) is 5.92 Å². The molecule has 1 aromatic rings. The maximum atomic E-state index is 11.2. The summed E-state index contributed by atoms with van der Waals surface area (Å²) in [4.78, 5) is 11.2. The molecule has 74 valence electrons. The monoisotopic (exact) mass is 190 g/mol. The Labute approximate surface area is 83.9 Å². The topological polar surface area (TPSA) is 26.3 Å². The van der Waals surface area contributed by atoms with Gasteiger partial charge in [0.15, 0.2) is 0 Å². The fraction of sp³-hybridized carbons (Fsp3) is 0.417. The van der Waals surface area contributed by atoms with Gasteiger partial charge in [-0.3, -0.25) is 4.79 Å². The highest BCUT2D eigenvalue weighted by atomic mass is 16.5. The summed E-state index contributed by atoms with van der Waals surface area (Å²) in [5, 5.41) is 0. The van der Waals surface area contributed by atoms with E-state index in [2.05, 4.69) is 19.1 Å². The molecule has 0 spiro atoms. The van der Waals surface area contributed by atoms with Crippen LogP contribution in [0.2, 0.25) is 0 Å².